The average Bonchev–Trinajstić information content (AvgIpc) is 2.38. The molecule has 0 N–H and O–H groups in total. The first-order valence-corrected chi connectivity index (χ1v) is 6.50. The molecule has 1 nitrogen and oxygen atoms in total. The third kappa shape index (κ3) is 2.20. The van der Waals surface area contributed by atoms with E-state index in [9.17, 15) is 13.2 Å². The normalized spacial score (nSPS) is 22.6. The van der Waals surface area contributed by atoms with E-state index in [0.29, 0.717) is 29.3 Å². The van der Waals surface area contributed by atoms with Gasteiger partial charge in [-0.3, -0.25) is 4.98 Å². The Balaban J connectivity index is 2.16. The predicted molar refractivity (Wildman–Crippen MR) is 67.9 cm³/mol. The minimum absolute atomic E-state index is 0.0865. The predicted octanol–water partition coefficient (Wildman–Crippen LogP) is 4.67. The topological polar surface area (TPSA) is 12.9 Å². The SMILES string of the molecule is Fc1ccc2nccc(C3CCCCC3(F)F)c2c1. The number of halogens is 3. The minimum atomic E-state index is -2.71. The molecule has 100 valence electrons. The lowest BCUT2D eigenvalue weighted by Gasteiger charge is -2.32. The largest absolute Gasteiger partial charge is 0.256 e. The van der Waals surface area contributed by atoms with Crippen molar-refractivity contribution in [3.8, 4) is 0 Å². The van der Waals surface area contributed by atoms with Crippen LogP contribution in [0.15, 0.2) is 30.5 Å². The van der Waals surface area contributed by atoms with Gasteiger partial charge >= 0.3 is 0 Å². The van der Waals surface area contributed by atoms with E-state index in [0.717, 1.165) is 6.42 Å². The lowest BCUT2D eigenvalue weighted by Crippen LogP contribution is -2.30. The number of rotatable bonds is 1. The summed E-state index contributed by atoms with van der Waals surface area (Å²) >= 11 is 0. The summed E-state index contributed by atoms with van der Waals surface area (Å²) in [4.78, 5) is 4.11. The highest BCUT2D eigenvalue weighted by atomic mass is 19.3. The van der Waals surface area contributed by atoms with Gasteiger partial charge in [-0.25, -0.2) is 13.2 Å². The zero-order valence-electron chi connectivity index (χ0n) is 10.4. The summed E-state index contributed by atoms with van der Waals surface area (Å²) in [5, 5.41) is 0.508. The fourth-order valence-electron chi connectivity index (χ4n) is 2.92. The minimum Gasteiger partial charge on any atom is -0.256 e. The van der Waals surface area contributed by atoms with Crippen molar-refractivity contribution in [1.29, 1.82) is 0 Å². The van der Waals surface area contributed by atoms with E-state index in [1.54, 1.807) is 6.07 Å². The van der Waals surface area contributed by atoms with Gasteiger partial charge in [-0.1, -0.05) is 6.42 Å². The summed E-state index contributed by atoms with van der Waals surface area (Å²) in [6, 6.07) is 5.75. The van der Waals surface area contributed by atoms with Crippen molar-refractivity contribution in [2.45, 2.75) is 37.5 Å². The maximum atomic E-state index is 14.1. The molecule has 1 aliphatic rings. The van der Waals surface area contributed by atoms with E-state index in [-0.39, 0.29) is 6.42 Å². The molecule has 1 unspecified atom stereocenters. The summed E-state index contributed by atoms with van der Waals surface area (Å²) in [6.07, 6.45) is 3.24. The van der Waals surface area contributed by atoms with Crippen molar-refractivity contribution in [3.63, 3.8) is 0 Å². The molecule has 1 atom stereocenters. The van der Waals surface area contributed by atoms with Crippen molar-refractivity contribution in [2.24, 2.45) is 0 Å². The molecular formula is C15H14F3N. The molecule has 1 aliphatic carbocycles. The number of nitrogens with zero attached hydrogens (tertiary/aromatic N) is 1. The van der Waals surface area contributed by atoms with Gasteiger partial charge in [0, 0.05) is 23.9 Å². The summed E-state index contributed by atoms with van der Waals surface area (Å²) in [5.74, 6) is -3.95. The van der Waals surface area contributed by atoms with E-state index >= 15 is 0 Å². The number of fused-ring (bicyclic) bond motifs is 1. The molecule has 3 rings (SSSR count). The maximum absolute atomic E-state index is 14.1. The van der Waals surface area contributed by atoms with Crippen LogP contribution in [0, 0.1) is 5.82 Å². The van der Waals surface area contributed by atoms with E-state index in [1.807, 2.05) is 0 Å². The molecule has 0 spiro atoms. The van der Waals surface area contributed by atoms with Crippen LogP contribution in [0.1, 0.15) is 37.2 Å². The Bertz CT molecular complexity index is 609. The lowest BCUT2D eigenvalue weighted by atomic mass is 9.80. The first-order valence-electron chi connectivity index (χ1n) is 6.50. The third-order valence-electron chi connectivity index (χ3n) is 3.88. The Kier molecular flexibility index (Phi) is 2.96. The Morgan fingerprint density at radius 2 is 2.00 bits per heavy atom. The van der Waals surface area contributed by atoms with Crippen LogP contribution in [0.2, 0.25) is 0 Å². The summed E-state index contributed by atoms with van der Waals surface area (Å²) in [7, 11) is 0. The van der Waals surface area contributed by atoms with Gasteiger partial charge in [0.25, 0.3) is 5.92 Å². The first-order chi connectivity index (χ1) is 9.08. The van der Waals surface area contributed by atoms with Gasteiger partial charge in [0.2, 0.25) is 0 Å². The van der Waals surface area contributed by atoms with Crippen LogP contribution in [0.3, 0.4) is 0 Å². The molecule has 0 bridgehead atoms. The van der Waals surface area contributed by atoms with Crippen LogP contribution in [-0.2, 0) is 0 Å². The standard InChI is InChI=1S/C15H14F3N/c16-10-4-5-14-12(9-10)11(6-8-19-14)13-3-1-2-7-15(13,17)18/h4-6,8-9,13H,1-3,7H2. The molecule has 2 aromatic rings. The second-order valence-corrected chi connectivity index (χ2v) is 5.12. The smallest absolute Gasteiger partial charge is 0.254 e. The van der Waals surface area contributed by atoms with Crippen LogP contribution >= 0.6 is 0 Å². The fraction of sp³-hybridized carbons (Fsp3) is 0.400. The zero-order chi connectivity index (χ0) is 13.5. The van der Waals surface area contributed by atoms with E-state index < -0.39 is 17.7 Å². The number of hydrogen-bond donors (Lipinski definition) is 0. The molecule has 4 heteroatoms. The Morgan fingerprint density at radius 1 is 1.16 bits per heavy atom. The third-order valence-corrected chi connectivity index (χ3v) is 3.88. The molecule has 0 amide bonds. The van der Waals surface area contributed by atoms with Crippen LogP contribution in [0.4, 0.5) is 13.2 Å². The molecule has 1 saturated carbocycles. The van der Waals surface area contributed by atoms with Crippen LogP contribution in [0.25, 0.3) is 10.9 Å². The molecule has 0 aliphatic heterocycles. The molecule has 0 radical (unpaired) electrons. The van der Waals surface area contributed by atoms with Crippen LogP contribution in [0.5, 0.6) is 0 Å². The quantitative estimate of drug-likeness (QED) is 0.730. The van der Waals surface area contributed by atoms with Gasteiger partial charge in [-0.15, -0.1) is 0 Å². The second kappa shape index (κ2) is 4.51. The van der Waals surface area contributed by atoms with Crippen molar-refractivity contribution in [3.05, 3.63) is 41.8 Å². The van der Waals surface area contributed by atoms with Gasteiger partial charge in [-0.2, -0.15) is 0 Å². The number of hydrogen-bond acceptors (Lipinski definition) is 1. The number of pyridine rings is 1. The van der Waals surface area contributed by atoms with Crippen molar-refractivity contribution in [1.82, 2.24) is 4.98 Å². The lowest BCUT2D eigenvalue weighted by molar-refractivity contribution is -0.0543. The van der Waals surface area contributed by atoms with Crippen molar-refractivity contribution in [2.75, 3.05) is 0 Å². The molecule has 19 heavy (non-hydrogen) atoms. The zero-order valence-corrected chi connectivity index (χ0v) is 10.4. The van der Waals surface area contributed by atoms with Crippen molar-refractivity contribution >= 4 is 10.9 Å². The highest BCUT2D eigenvalue weighted by Crippen LogP contribution is 2.46. The summed E-state index contributed by atoms with van der Waals surface area (Å²) in [6.45, 7) is 0. The number of alkyl halides is 2. The average molecular weight is 265 g/mol. The molecule has 0 saturated heterocycles. The molecule has 1 fully saturated rings. The molecule has 1 aromatic heterocycles. The van der Waals surface area contributed by atoms with Gasteiger partial charge in [-0.05, 0) is 42.7 Å². The summed E-state index contributed by atoms with van der Waals surface area (Å²) in [5.41, 5.74) is 1.09. The van der Waals surface area contributed by atoms with Crippen LogP contribution in [-0.4, -0.2) is 10.9 Å². The van der Waals surface area contributed by atoms with Gasteiger partial charge in [0.05, 0.1) is 5.52 Å². The fourth-order valence-corrected chi connectivity index (χ4v) is 2.92. The van der Waals surface area contributed by atoms with Gasteiger partial charge in [0.1, 0.15) is 5.82 Å². The Hall–Kier alpha value is -1.58. The maximum Gasteiger partial charge on any atom is 0.254 e. The van der Waals surface area contributed by atoms with E-state index in [1.165, 1.54) is 24.4 Å². The van der Waals surface area contributed by atoms with Gasteiger partial charge < -0.3 is 0 Å². The van der Waals surface area contributed by atoms with E-state index in [2.05, 4.69) is 4.98 Å². The van der Waals surface area contributed by atoms with Gasteiger partial charge in [0.15, 0.2) is 0 Å². The van der Waals surface area contributed by atoms with Crippen molar-refractivity contribution < 1.29 is 13.2 Å². The van der Waals surface area contributed by atoms with E-state index in [4.69, 9.17) is 0 Å². The molecule has 1 heterocycles. The summed E-state index contributed by atoms with van der Waals surface area (Å²) < 4.78 is 41.5. The highest BCUT2D eigenvalue weighted by Gasteiger charge is 2.42. The monoisotopic (exact) mass is 265 g/mol. The Labute approximate surface area is 109 Å². The molecular weight excluding hydrogens is 251 g/mol. The highest BCUT2D eigenvalue weighted by molar-refractivity contribution is 5.82. The number of benzene rings is 1. The molecule has 1 aromatic carbocycles. The van der Waals surface area contributed by atoms with Crippen LogP contribution < -0.4 is 0 Å². The Morgan fingerprint density at radius 3 is 2.79 bits per heavy atom. The second-order valence-electron chi connectivity index (χ2n) is 5.12. The number of aromatic nitrogens is 1. The first kappa shape index (κ1) is 12.5.